The summed E-state index contributed by atoms with van der Waals surface area (Å²) in [5, 5.41) is 0. The number of halogens is 3. The molecule has 0 bridgehead atoms. The Kier molecular flexibility index (Phi) is 4.23. The molecule has 0 heterocycles. The van der Waals surface area contributed by atoms with E-state index in [-0.39, 0.29) is 13.2 Å². The van der Waals surface area contributed by atoms with Crippen molar-refractivity contribution >= 4 is 7.60 Å². The molecule has 12 heavy (non-hydrogen) atoms. The van der Waals surface area contributed by atoms with Crippen molar-refractivity contribution in [2.45, 2.75) is 19.8 Å². The summed E-state index contributed by atoms with van der Waals surface area (Å²) in [6, 6.07) is 0. The fourth-order valence-corrected chi connectivity index (χ4v) is 1.57. The van der Waals surface area contributed by atoms with Crippen molar-refractivity contribution < 1.29 is 26.8 Å². The van der Waals surface area contributed by atoms with Gasteiger partial charge in [0, 0.05) is 0 Å². The smallest absolute Gasteiger partial charge is 0.303 e. The van der Waals surface area contributed by atoms with Crippen LogP contribution in [-0.2, 0) is 13.6 Å². The van der Waals surface area contributed by atoms with Crippen LogP contribution < -0.4 is 0 Å². The van der Waals surface area contributed by atoms with Gasteiger partial charge < -0.3 is 9.05 Å². The highest BCUT2D eigenvalue weighted by Crippen LogP contribution is 2.62. The minimum atomic E-state index is -4.93. The topological polar surface area (TPSA) is 35.5 Å². The van der Waals surface area contributed by atoms with Crippen LogP contribution in [0, 0.1) is 0 Å². The largest absolute Gasteiger partial charge is 0.493 e. The first kappa shape index (κ1) is 11.9. The summed E-state index contributed by atoms with van der Waals surface area (Å²) in [6.07, 6.45) is 0. The summed E-state index contributed by atoms with van der Waals surface area (Å²) in [4.78, 5) is 0. The first-order valence-electron chi connectivity index (χ1n) is 3.33. The zero-order chi connectivity index (χ0) is 9.83. The quantitative estimate of drug-likeness (QED) is 0.663. The van der Waals surface area contributed by atoms with E-state index in [9.17, 15) is 17.7 Å². The SMILES string of the molecule is CCOP(=O)(OCC)C(F)(F)F. The van der Waals surface area contributed by atoms with Crippen molar-refractivity contribution in [3.8, 4) is 0 Å². The maximum atomic E-state index is 12.0. The number of rotatable bonds is 4. The van der Waals surface area contributed by atoms with Crippen LogP contribution in [0.3, 0.4) is 0 Å². The van der Waals surface area contributed by atoms with E-state index in [1.807, 2.05) is 0 Å². The van der Waals surface area contributed by atoms with E-state index in [1.54, 1.807) is 0 Å². The lowest BCUT2D eigenvalue weighted by Gasteiger charge is -2.18. The monoisotopic (exact) mass is 206 g/mol. The van der Waals surface area contributed by atoms with E-state index in [4.69, 9.17) is 0 Å². The van der Waals surface area contributed by atoms with Gasteiger partial charge in [0.1, 0.15) is 0 Å². The Balaban J connectivity index is 4.51. The molecule has 0 amide bonds. The third-order valence-corrected chi connectivity index (χ3v) is 2.73. The Morgan fingerprint density at radius 3 is 1.67 bits per heavy atom. The molecule has 0 saturated heterocycles. The molecule has 0 aliphatic heterocycles. The molecule has 0 spiro atoms. The predicted octanol–water partition coefficient (Wildman–Crippen LogP) is 2.77. The fraction of sp³-hybridized carbons (Fsp3) is 1.00. The van der Waals surface area contributed by atoms with Crippen molar-refractivity contribution in [3.05, 3.63) is 0 Å². The van der Waals surface area contributed by atoms with Crippen LogP contribution >= 0.6 is 7.60 Å². The van der Waals surface area contributed by atoms with Crippen LogP contribution in [-0.4, -0.2) is 19.1 Å². The Hall–Kier alpha value is -0.0600. The molecule has 0 fully saturated rings. The van der Waals surface area contributed by atoms with Crippen molar-refractivity contribution in [1.29, 1.82) is 0 Å². The molecule has 0 saturated carbocycles. The van der Waals surface area contributed by atoms with Gasteiger partial charge in [0.15, 0.2) is 0 Å². The number of alkyl halides is 3. The van der Waals surface area contributed by atoms with Crippen molar-refractivity contribution in [3.63, 3.8) is 0 Å². The molecule has 0 N–H and O–H groups in total. The molecular weight excluding hydrogens is 196 g/mol. The van der Waals surface area contributed by atoms with Gasteiger partial charge in [-0.25, -0.2) is 4.57 Å². The van der Waals surface area contributed by atoms with Gasteiger partial charge in [-0.15, -0.1) is 0 Å². The zero-order valence-corrected chi connectivity index (χ0v) is 7.61. The zero-order valence-electron chi connectivity index (χ0n) is 6.72. The van der Waals surface area contributed by atoms with Crippen molar-refractivity contribution in [2.75, 3.05) is 13.2 Å². The van der Waals surface area contributed by atoms with Gasteiger partial charge in [-0.1, -0.05) is 0 Å². The molecule has 0 aliphatic rings. The van der Waals surface area contributed by atoms with E-state index in [1.165, 1.54) is 13.8 Å². The highest BCUT2D eigenvalue weighted by Gasteiger charge is 2.54. The molecule has 0 aliphatic carbocycles. The Labute approximate surface area is 68.4 Å². The van der Waals surface area contributed by atoms with Gasteiger partial charge >= 0.3 is 13.5 Å². The van der Waals surface area contributed by atoms with E-state index in [0.717, 1.165) is 0 Å². The summed E-state index contributed by atoms with van der Waals surface area (Å²) in [6.45, 7) is 2.04. The van der Waals surface area contributed by atoms with Crippen LogP contribution in [0.5, 0.6) is 0 Å². The standard InChI is InChI=1S/C5H10F3O3P/c1-3-10-12(9,11-4-2)5(6,7)8/h3-4H2,1-2H3. The fourth-order valence-electron chi connectivity index (χ4n) is 0.524. The Bertz CT molecular complexity index is 169. The second-order valence-electron chi connectivity index (χ2n) is 1.80. The average Bonchev–Trinajstić information content (AvgIpc) is 1.86. The lowest BCUT2D eigenvalue weighted by atomic mass is 10.9. The molecule has 7 heteroatoms. The van der Waals surface area contributed by atoms with Gasteiger partial charge in [0.05, 0.1) is 13.2 Å². The lowest BCUT2D eigenvalue weighted by molar-refractivity contribution is -0.0746. The van der Waals surface area contributed by atoms with Crippen LogP contribution in [0.25, 0.3) is 0 Å². The van der Waals surface area contributed by atoms with Crippen LogP contribution in [0.4, 0.5) is 13.2 Å². The van der Waals surface area contributed by atoms with Gasteiger partial charge in [0.25, 0.3) is 0 Å². The first-order valence-corrected chi connectivity index (χ1v) is 4.87. The highest BCUT2D eigenvalue weighted by molar-refractivity contribution is 7.54. The normalized spacial score (nSPS) is 13.4. The second-order valence-corrected chi connectivity index (χ2v) is 3.82. The molecule has 0 aromatic carbocycles. The van der Waals surface area contributed by atoms with E-state index < -0.39 is 13.5 Å². The molecule has 0 unspecified atom stereocenters. The number of hydrogen-bond acceptors (Lipinski definition) is 3. The molecule has 0 rings (SSSR count). The van der Waals surface area contributed by atoms with Crippen LogP contribution in [0.2, 0.25) is 0 Å². The summed E-state index contributed by atoms with van der Waals surface area (Å²) in [5.74, 6) is -4.93. The molecular formula is C5H10F3O3P. The third-order valence-electron chi connectivity index (χ3n) is 0.909. The minimum Gasteiger partial charge on any atom is -0.303 e. The van der Waals surface area contributed by atoms with Crippen LogP contribution in [0.1, 0.15) is 13.8 Å². The summed E-state index contributed by atoms with van der Waals surface area (Å²) >= 11 is 0. The summed E-state index contributed by atoms with van der Waals surface area (Å²) in [7, 11) is -4.90. The molecule has 3 nitrogen and oxygen atoms in total. The predicted molar refractivity (Wildman–Crippen MR) is 36.9 cm³/mol. The van der Waals surface area contributed by atoms with E-state index in [2.05, 4.69) is 9.05 Å². The van der Waals surface area contributed by atoms with Crippen LogP contribution in [0.15, 0.2) is 0 Å². The number of hydrogen-bond donors (Lipinski definition) is 0. The molecule has 0 radical (unpaired) electrons. The van der Waals surface area contributed by atoms with Gasteiger partial charge in [-0.05, 0) is 13.8 Å². The molecule has 74 valence electrons. The second kappa shape index (κ2) is 4.25. The third kappa shape index (κ3) is 2.77. The first-order chi connectivity index (χ1) is 5.37. The minimum absolute atomic E-state index is 0.295. The Morgan fingerprint density at radius 1 is 1.17 bits per heavy atom. The van der Waals surface area contributed by atoms with Gasteiger partial charge in [0.2, 0.25) is 0 Å². The van der Waals surface area contributed by atoms with Crippen molar-refractivity contribution in [1.82, 2.24) is 0 Å². The van der Waals surface area contributed by atoms with Gasteiger partial charge in [-0.3, -0.25) is 0 Å². The van der Waals surface area contributed by atoms with E-state index >= 15 is 0 Å². The maximum absolute atomic E-state index is 12.0. The maximum Gasteiger partial charge on any atom is 0.493 e. The average molecular weight is 206 g/mol. The molecule has 0 atom stereocenters. The van der Waals surface area contributed by atoms with E-state index in [0.29, 0.717) is 0 Å². The summed E-state index contributed by atoms with van der Waals surface area (Å²) < 4.78 is 54.8. The van der Waals surface area contributed by atoms with Crippen molar-refractivity contribution in [2.24, 2.45) is 0 Å². The highest BCUT2D eigenvalue weighted by atomic mass is 31.2. The lowest BCUT2D eigenvalue weighted by Crippen LogP contribution is -2.13. The molecule has 0 aromatic rings. The van der Waals surface area contributed by atoms with Gasteiger partial charge in [-0.2, -0.15) is 13.2 Å². The Morgan fingerprint density at radius 2 is 1.50 bits per heavy atom. The summed E-state index contributed by atoms with van der Waals surface area (Å²) in [5.41, 5.74) is 0. The molecule has 0 aromatic heterocycles.